The van der Waals surface area contributed by atoms with Crippen LogP contribution in [0.1, 0.15) is 18.5 Å². The average molecular weight is 405 g/mol. The minimum atomic E-state index is -0.393. The molecule has 0 radical (unpaired) electrons. The molecule has 25 heavy (non-hydrogen) atoms. The fraction of sp³-hybridized carbons (Fsp3) is 0.176. The third-order valence-corrected chi connectivity index (χ3v) is 4.42. The number of benzene rings is 2. The van der Waals surface area contributed by atoms with E-state index in [9.17, 15) is 14.0 Å². The number of amides is 1. The second-order valence-electron chi connectivity index (χ2n) is 5.52. The van der Waals surface area contributed by atoms with E-state index in [0.717, 1.165) is 10.2 Å². The van der Waals surface area contributed by atoms with E-state index in [2.05, 4.69) is 31.6 Å². The second-order valence-corrected chi connectivity index (χ2v) is 6.38. The lowest BCUT2D eigenvalue weighted by molar-refractivity contribution is -0.122. The van der Waals surface area contributed by atoms with Crippen LogP contribution in [0.5, 0.6) is 0 Å². The van der Waals surface area contributed by atoms with Crippen molar-refractivity contribution in [2.45, 2.75) is 19.5 Å². The van der Waals surface area contributed by atoms with Crippen molar-refractivity contribution in [3.05, 3.63) is 68.7 Å². The molecule has 0 saturated carbocycles. The lowest BCUT2D eigenvalue weighted by Crippen LogP contribution is -2.35. The average Bonchev–Trinajstić information content (AvgIpc) is 2.57. The van der Waals surface area contributed by atoms with Crippen LogP contribution >= 0.6 is 15.9 Å². The fourth-order valence-corrected chi connectivity index (χ4v) is 3.17. The van der Waals surface area contributed by atoms with Crippen LogP contribution in [0.25, 0.3) is 10.9 Å². The second kappa shape index (κ2) is 7.10. The van der Waals surface area contributed by atoms with E-state index < -0.39 is 5.91 Å². The van der Waals surface area contributed by atoms with E-state index in [1.54, 1.807) is 37.3 Å². The van der Waals surface area contributed by atoms with Crippen LogP contribution in [0.15, 0.2) is 51.7 Å². The molecule has 1 aromatic heterocycles. The highest BCUT2D eigenvalue weighted by Gasteiger charge is 2.15. The standard InChI is InChI=1S/C17H14BrFN4O2/c1-10(12-7-6-11(19)8-14(12)18)20-16(24)9-23-17(25)13-4-2-3-5-15(13)21-22-23/h2-8,10H,9H2,1H3,(H,20,24). The normalized spacial score (nSPS) is 12.1. The van der Waals surface area contributed by atoms with Crippen LogP contribution in [0.3, 0.4) is 0 Å². The summed E-state index contributed by atoms with van der Waals surface area (Å²) in [4.78, 5) is 24.6. The number of carbonyl (C=O) groups excluding carboxylic acids is 1. The molecule has 0 spiro atoms. The molecule has 0 aliphatic rings. The van der Waals surface area contributed by atoms with Crippen LogP contribution in [-0.2, 0) is 11.3 Å². The molecule has 2 aromatic carbocycles. The van der Waals surface area contributed by atoms with E-state index in [4.69, 9.17) is 0 Å². The third-order valence-electron chi connectivity index (χ3n) is 3.73. The van der Waals surface area contributed by atoms with Crippen LogP contribution in [0, 0.1) is 5.82 Å². The Bertz CT molecular complexity index is 1010. The van der Waals surface area contributed by atoms with E-state index in [1.807, 2.05) is 0 Å². The van der Waals surface area contributed by atoms with Gasteiger partial charge in [-0.25, -0.2) is 9.07 Å². The number of aromatic nitrogens is 3. The molecular formula is C17H14BrFN4O2. The van der Waals surface area contributed by atoms with Crippen molar-refractivity contribution in [3.63, 3.8) is 0 Å². The van der Waals surface area contributed by atoms with Gasteiger partial charge in [-0.15, -0.1) is 5.10 Å². The Morgan fingerprint density at radius 1 is 1.32 bits per heavy atom. The molecule has 0 saturated heterocycles. The predicted octanol–water partition coefficient (Wildman–Crippen LogP) is 2.57. The van der Waals surface area contributed by atoms with Crippen molar-refractivity contribution < 1.29 is 9.18 Å². The number of nitrogens with zero attached hydrogens (tertiary/aromatic N) is 3. The predicted molar refractivity (Wildman–Crippen MR) is 94.5 cm³/mol. The highest BCUT2D eigenvalue weighted by atomic mass is 79.9. The maximum atomic E-state index is 13.2. The quantitative estimate of drug-likeness (QED) is 0.724. The molecule has 0 aliphatic carbocycles. The molecule has 1 N–H and O–H groups in total. The topological polar surface area (TPSA) is 76.9 Å². The van der Waals surface area contributed by atoms with Crippen molar-refractivity contribution in [2.24, 2.45) is 0 Å². The number of fused-ring (bicyclic) bond motifs is 1. The van der Waals surface area contributed by atoms with E-state index in [1.165, 1.54) is 12.1 Å². The summed E-state index contributed by atoms with van der Waals surface area (Å²) in [7, 11) is 0. The number of hydrogen-bond acceptors (Lipinski definition) is 4. The summed E-state index contributed by atoms with van der Waals surface area (Å²) in [5.74, 6) is -0.762. The van der Waals surface area contributed by atoms with E-state index in [-0.39, 0.29) is 24.0 Å². The molecule has 1 amide bonds. The lowest BCUT2D eigenvalue weighted by atomic mass is 10.1. The molecular weight excluding hydrogens is 391 g/mol. The van der Waals surface area contributed by atoms with Crippen LogP contribution in [0.4, 0.5) is 4.39 Å². The first-order valence-corrected chi connectivity index (χ1v) is 8.32. The minimum Gasteiger partial charge on any atom is -0.348 e. The Hall–Kier alpha value is -2.61. The summed E-state index contributed by atoms with van der Waals surface area (Å²) >= 11 is 3.27. The van der Waals surface area contributed by atoms with Gasteiger partial charge in [0.2, 0.25) is 5.91 Å². The van der Waals surface area contributed by atoms with Crippen molar-refractivity contribution in [3.8, 4) is 0 Å². The molecule has 8 heteroatoms. The summed E-state index contributed by atoms with van der Waals surface area (Å²) < 4.78 is 14.7. The molecule has 3 aromatic rings. The molecule has 128 valence electrons. The molecule has 0 bridgehead atoms. The number of carbonyl (C=O) groups is 1. The molecule has 1 unspecified atom stereocenters. The molecule has 1 heterocycles. The molecule has 1 atom stereocenters. The fourth-order valence-electron chi connectivity index (χ4n) is 2.48. The smallest absolute Gasteiger partial charge is 0.278 e. The Kier molecular flexibility index (Phi) is 4.89. The highest BCUT2D eigenvalue weighted by molar-refractivity contribution is 9.10. The summed E-state index contributed by atoms with van der Waals surface area (Å²) in [5, 5.41) is 10.9. The molecule has 6 nitrogen and oxygen atoms in total. The molecule has 0 fully saturated rings. The van der Waals surface area contributed by atoms with E-state index >= 15 is 0 Å². The Balaban J connectivity index is 1.76. The van der Waals surface area contributed by atoms with Gasteiger partial charge in [-0.05, 0) is 36.8 Å². The lowest BCUT2D eigenvalue weighted by Gasteiger charge is -2.16. The zero-order valence-corrected chi connectivity index (χ0v) is 14.8. The maximum Gasteiger partial charge on any atom is 0.278 e. The number of nitrogens with one attached hydrogen (secondary N) is 1. The van der Waals surface area contributed by atoms with Crippen LogP contribution in [-0.4, -0.2) is 20.9 Å². The SMILES string of the molecule is CC(NC(=O)Cn1nnc2ccccc2c1=O)c1ccc(F)cc1Br. The van der Waals surface area contributed by atoms with Crippen LogP contribution < -0.4 is 10.9 Å². The molecule has 0 aliphatic heterocycles. The van der Waals surface area contributed by atoms with Gasteiger partial charge in [-0.1, -0.05) is 39.3 Å². The summed E-state index contributed by atoms with van der Waals surface area (Å²) in [6, 6.07) is 10.7. The number of halogens is 2. The van der Waals surface area contributed by atoms with Crippen molar-refractivity contribution in [2.75, 3.05) is 0 Å². The van der Waals surface area contributed by atoms with Gasteiger partial charge in [0.1, 0.15) is 17.9 Å². The van der Waals surface area contributed by atoms with Crippen molar-refractivity contribution in [1.82, 2.24) is 20.3 Å². The highest BCUT2D eigenvalue weighted by Crippen LogP contribution is 2.24. The van der Waals surface area contributed by atoms with Gasteiger partial charge >= 0.3 is 0 Å². The van der Waals surface area contributed by atoms with Gasteiger partial charge in [0, 0.05) is 4.47 Å². The summed E-state index contributed by atoms with van der Waals surface area (Å²) in [5.41, 5.74) is 0.829. The Morgan fingerprint density at radius 2 is 2.08 bits per heavy atom. The Labute approximate surface area is 150 Å². The van der Waals surface area contributed by atoms with Gasteiger partial charge in [-0.2, -0.15) is 0 Å². The van der Waals surface area contributed by atoms with E-state index in [0.29, 0.717) is 15.4 Å². The zero-order valence-electron chi connectivity index (χ0n) is 13.2. The van der Waals surface area contributed by atoms with Crippen LogP contribution in [0.2, 0.25) is 0 Å². The zero-order chi connectivity index (χ0) is 18.0. The first-order valence-electron chi connectivity index (χ1n) is 7.52. The summed E-state index contributed by atoms with van der Waals surface area (Å²) in [6.45, 7) is 1.52. The monoisotopic (exact) mass is 404 g/mol. The molecule has 3 rings (SSSR count). The van der Waals surface area contributed by atoms with Gasteiger partial charge in [0.05, 0.1) is 11.4 Å². The first kappa shape index (κ1) is 17.2. The van der Waals surface area contributed by atoms with Crippen molar-refractivity contribution in [1.29, 1.82) is 0 Å². The Morgan fingerprint density at radius 3 is 2.84 bits per heavy atom. The van der Waals surface area contributed by atoms with Gasteiger partial charge in [-0.3, -0.25) is 9.59 Å². The van der Waals surface area contributed by atoms with Gasteiger partial charge in [0.15, 0.2) is 0 Å². The largest absolute Gasteiger partial charge is 0.348 e. The van der Waals surface area contributed by atoms with Crippen molar-refractivity contribution >= 4 is 32.7 Å². The van der Waals surface area contributed by atoms with Gasteiger partial charge in [0.25, 0.3) is 5.56 Å². The maximum absolute atomic E-state index is 13.2. The number of hydrogen-bond donors (Lipinski definition) is 1. The third kappa shape index (κ3) is 3.74. The first-order chi connectivity index (χ1) is 12.0. The van der Waals surface area contributed by atoms with Gasteiger partial charge < -0.3 is 5.32 Å². The minimum absolute atomic E-state index is 0.250. The summed E-state index contributed by atoms with van der Waals surface area (Å²) in [6.07, 6.45) is 0. The number of rotatable bonds is 4.